The molecular formula is C14H17N3. The zero-order chi connectivity index (χ0) is 12.1. The number of rotatable bonds is 4. The predicted molar refractivity (Wildman–Crippen MR) is 71.7 cm³/mol. The van der Waals surface area contributed by atoms with Gasteiger partial charge in [-0.05, 0) is 31.7 Å². The molecule has 2 aromatic rings. The number of aromatic nitrogens is 2. The van der Waals surface area contributed by atoms with E-state index in [1.54, 1.807) is 6.20 Å². The van der Waals surface area contributed by atoms with Gasteiger partial charge in [-0.3, -0.25) is 4.98 Å². The lowest BCUT2D eigenvalue weighted by Crippen LogP contribution is -2.22. The summed E-state index contributed by atoms with van der Waals surface area (Å²) in [5.74, 6) is 0. The molecule has 0 saturated heterocycles. The van der Waals surface area contributed by atoms with E-state index >= 15 is 0 Å². The molecular weight excluding hydrogens is 210 g/mol. The van der Waals surface area contributed by atoms with Gasteiger partial charge in [-0.25, -0.2) is 4.98 Å². The molecule has 0 bridgehead atoms. The second-order valence-electron chi connectivity index (χ2n) is 3.99. The number of nitrogens with zero attached hydrogens (tertiary/aromatic N) is 2. The smallest absolute Gasteiger partial charge is 0.0894 e. The lowest BCUT2D eigenvalue weighted by atomic mass is 10.2. The second kappa shape index (κ2) is 5.55. The van der Waals surface area contributed by atoms with E-state index in [1.807, 2.05) is 30.3 Å². The molecule has 2 rings (SSSR count). The maximum Gasteiger partial charge on any atom is 0.0894 e. The van der Waals surface area contributed by atoms with Crippen molar-refractivity contribution in [3.63, 3.8) is 0 Å². The first-order chi connectivity index (χ1) is 8.29. The molecule has 0 aliphatic carbocycles. The molecule has 0 aliphatic rings. The molecule has 88 valence electrons. The van der Waals surface area contributed by atoms with E-state index in [1.165, 1.54) is 0 Å². The highest BCUT2D eigenvalue weighted by atomic mass is 14.9. The number of nitrogens with one attached hydrogen (secondary N) is 1. The molecule has 0 amide bonds. The fourth-order valence-corrected chi connectivity index (χ4v) is 1.68. The van der Waals surface area contributed by atoms with Gasteiger partial charge in [0.25, 0.3) is 0 Å². The van der Waals surface area contributed by atoms with Crippen LogP contribution in [0.15, 0.2) is 36.5 Å². The van der Waals surface area contributed by atoms with Gasteiger partial charge < -0.3 is 5.32 Å². The zero-order valence-electron chi connectivity index (χ0n) is 10.2. The van der Waals surface area contributed by atoms with Crippen molar-refractivity contribution in [2.24, 2.45) is 0 Å². The number of hydrogen-bond acceptors (Lipinski definition) is 3. The largest absolute Gasteiger partial charge is 0.311 e. The van der Waals surface area contributed by atoms with Gasteiger partial charge in [0, 0.05) is 6.04 Å². The Balaban J connectivity index is 2.19. The van der Waals surface area contributed by atoms with E-state index in [-0.39, 0.29) is 0 Å². The summed E-state index contributed by atoms with van der Waals surface area (Å²) >= 11 is 0. The van der Waals surface area contributed by atoms with Crippen molar-refractivity contribution in [1.82, 2.24) is 15.3 Å². The van der Waals surface area contributed by atoms with E-state index in [0.29, 0.717) is 6.04 Å². The number of likely N-dealkylation sites (N-methyl/N-ethyl adjacent to an activating group) is 1. The van der Waals surface area contributed by atoms with Crippen LogP contribution in [-0.2, 0) is 0 Å². The summed E-state index contributed by atoms with van der Waals surface area (Å²) in [7, 11) is 0. The first-order valence-corrected chi connectivity index (χ1v) is 5.93. The monoisotopic (exact) mass is 227 g/mol. The molecule has 3 nitrogen and oxygen atoms in total. The van der Waals surface area contributed by atoms with Gasteiger partial charge in [-0.15, -0.1) is 0 Å². The number of fused-ring (bicyclic) bond motifs is 1. The fourth-order valence-electron chi connectivity index (χ4n) is 1.68. The van der Waals surface area contributed by atoms with Gasteiger partial charge in [0.1, 0.15) is 0 Å². The van der Waals surface area contributed by atoms with Crippen molar-refractivity contribution in [3.8, 4) is 0 Å². The van der Waals surface area contributed by atoms with Crippen molar-refractivity contribution in [2.45, 2.75) is 19.9 Å². The summed E-state index contributed by atoms with van der Waals surface area (Å²) in [5, 5.41) is 3.32. The first kappa shape index (κ1) is 11.7. The van der Waals surface area contributed by atoms with Gasteiger partial charge in [0.05, 0.1) is 22.9 Å². The van der Waals surface area contributed by atoms with Gasteiger partial charge in [-0.2, -0.15) is 0 Å². The van der Waals surface area contributed by atoms with Crippen LogP contribution in [0.3, 0.4) is 0 Å². The maximum absolute atomic E-state index is 4.53. The molecule has 0 saturated carbocycles. The van der Waals surface area contributed by atoms with Gasteiger partial charge >= 0.3 is 0 Å². The summed E-state index contributed by atoms with van der Waals surface area (Å²) in [5.41, 5.74) is 2.77. The van der Waals surface area contributed by atoms with Crippen molar-refractivity contribution >= 4 is 17.1 Å². The molecule has 1 N–H and O–H groups in total. The molecule has 0 fully saturated rings. The van der Waals surface area contributed by atoms with Crippen LogP contribution in [0.4, 0.5) is 0 Å². The number of para-hydroxylation sites is 2. The Morgan fingerprint density at radius 2 is 2.06 bits per heavy atom. The third kappa shape index (κ3) is 3.11. The van der Waals surface area contributed by atoms with E-state index in [4.69, 9.17) is 0 Å². The second-order valence-corrected chi connectivity index (χ2v) is 3.99. The molecule has 1 atom stereocenters. The van der Waals surface area contributed by atoms with E-state index in [2.05, 4.69) is 35.2 Å². The molecule has 1 heterocycles. The summed E-state index contributed by atoms with van der Waals surface area (Å²) in [6, 6.07) is 8.25. The Labute approximate surface area is 102 Å². The minimum Gasteiger partial charge on any atom is -0.311 e. The van der Waals surface area contributed by atoms with E-state index in [9.17, 15) is 0 Å². The summed E-state index contributed by atoms with van der Waals surface area (Å²) in [6.07, 6.45) is 5.91. The highest BCUT2D eigenvalue weighted by molar-refractivity contribution is 5.74. The number of hydrogen-bond donors (Lipinski definition) is 1. The van der Waals surface area contributed by atoms with Crippen LogP contribution in [0, 0.1) is 0 Å². The molecule has 17 heavy (non-hydrogen) atoms. The standard InChI is InChI=1S/C14H17N3/c1-3-15-11(2)8-9-12-10-16-13-6-4-5-7-14(13)17-12/h4-11,15H,3H2,1-2H3/b9-8+. The maximum atomic E-state index is 4.53. The molecule has 3 heteroatoms. The molecule has 0 spiro atoms. The van der Waals surface area contributed by atoms with Crippen molar-refractivity contribution in [1.29, 1.82) is 0 Å². The zero-order valence-corrected chi connectivity index (χ0v) is 10.2. The average molecular weight is 227 g/mol. The topological polar surface area (TPSA) is 37.8 Å². The van der Waals surface area contributed by atoms with Gasteiger partial charge in [-0.1, -0.05) is 25.1 Å². The average Bonchev–Trinajstić information content (AvgIpc) is 2.36. The van der Waals surface area contributed by atoms with E-state index in [0.717, 1.165) is 23.3 Å². The van der Waals surface area contributed by atoms with Crippen molar-refractivity contribution in [3.05, 3.63) is 42.2 Å². The van der Waals surface area contributed by atoms with Crippen LogP contribution < -0.4 is 5.32 Å². The quantitative estimate of drug-likeness (QED) is 0.872. The number of benzene rings is 1. The Hall–Kier alpha value is -1.74. The minimum absolute atomic E-state index is 0.355. The van der Waals surface area contributed by atoms with Crippen LogP contribution >= 0.6 is 0 Å². The van der Waals surface area contributed by atoms with Crippen LogP contribution in [0.2, 0.25) is 0 Å². The lowest BCUT2D eigenvalue weighted by Gasteiger charge is -2.05. The molecule has 1 unspecified atom stereocenters. The molecule has 1 aromatic carbocycles. The Kier molecular flexibility index (Phi) is 3.83. The van der Waals surface area contributed by atoms with Crippen LogP contribution in [0.25, 0.3) is 17.1 Å². The van der Waals surface area contributed by atoms with Gasteiger partial charge in [0.15, 0.2) is 0 Å². The summed E-state index contributed by atoms with van der Waals surface area (Å²) in [4.78, 5) is 8.90. The fraction of sp³-hybridized carbons (Fsp3) is 0.286. The molecule has 0 aliphatic heterocycles. The highest BCUT2D eigenvalue weighted by Crippen LogP contribution is 2.09. The summed E-state index contributed by atoms with van der Waals surface area (Å²) < 4.78 is 0. The lowest BCUT2D eigenvalue weighted by molar-refractivity contribution is 0.662. The Morgan fingerprint density at radius 1 is 1.29 bits per heavy atom. The normalized spacial score (nSPS) is 13.3. The van der Waals surface area contributed by atoms with Gasteiger partial charge in [0.2, 0.25) is 0 Å². The molecule has 0 radical (unpaired) electrons. The SMILES string of the molecule is CCNC(C)/C=C/c1cnc2ccccc2n1. The minimum atomic E-state index is 0.355. The third-order valence-electron chi connectivity index (χ3n) is 2.55. The highest BCUT2D eigenvalue weighted by Gasteiger charge is 1.97. The van der Waals surface area contributed by atoms with Crippen LogP contribution in [-0.4, -0.2) is 22.6 Å². The molecule has 1 aromatic heterocycles. The van der Waals surface area contributed by atoms with Crippen LogP contribution in [0.5, 0.6) is 0 Å². The first-order valence-electron chi connectivity index (χ1n) is 5.93. The van der Waals surface area contributed by atoms with E-state index < -0.39 is 0 Å². The Morgan fingerprint density at radius 3 is 2.82 bits per heavy atom. The van der Waals surface area contributed by atoms with Crippen molar-refractivity contribution in [2.75, 3.05) is 6.54 Å². The Bertz CT molecular complexity index is 520. The predicted octanol–water partition coefficient (Wildman–Crippen LogP) is 2.64. The van der Waals surface area contributed by atoms with Crippen molar-refractivity contribution < 1.29 is 0 Å². The van der Waals surface area contributed by atoms with Crippen LogP contribution in [0.1, 0.15) is 19.5 Å². The summed E-state index contributed by atoms with van der Waals surface area (Å²) in [6.45, 7) is 5.18. The third-order valence-corrected chi connectivity index (χ3v) is 2.55.